The van der Waals surface area contributed by atoms with Crippen LogP contribution in [0.25, 0.3) is 0 Å². The summed E-state index contributed by atoms with van der Waals surface area (Å²) in [6.07, 6.45) is 4.44. The minimum Gasteiger partial charge on any atom is -0.391 e. The average molecular weight is 343 g/mol. The monoisotopic (exact) mass is 343 g/mol. The van der Waals surface area contributed by atoms with Crippen LogP contribution in [0.3, 0.4) is 0 Å². The summed E-state index contributed by atoms with van der Waals surface area (Å²) in [5.74, 6) is -0.339. The molecule has 25 heavy (non-hydrogen) atoms. The highest BCUT2D eigenvalue weighted by Crippen LogP contribution is 2.33. The molecule has 0 bridgehead atoms. The van der Waals surface area contributed by atoms with Crippen molar-refractivity contribution in [2.45, 2.75) is 50.7 Å². The second-order valence-electron chi connectivity index (χ2n) is 7.01. The number of hydrogen-bond acceptors (Lipinski definition) is 3. The number of amides is 1. The van der Waals surface area contributed by atoms with Crippen LogP contribution in [0.15, 0.2) is 24.3 Å². The van der Waals surface area contributed by atoms with Crippen LogP contribution in [0, 0.1) is 5.82 Å². The Hall–Kier alpha value is -2.21. The minimum atomic E-state index is -0.549. The summed E-state index contributed by atoms with van der Waals surface area (Å²) in [7, 11) is 0. The summed E-state index contributed by atoms with van der Waals surface area (Å²) in [5.41, 5.74) is 4.04. The fourth-order valence-electron chi connectivity index (χ4n) is 4.03. The van der Waals surface area contributed by atoms with E-state index in [1.54, 1.807) is 17.0 Å². The van der Waals surface area contributed by atoms with Gasteiger partial charge in [-0.15, -0.1) is 0 Å². The van der Waals surface area contributed by atoms with Crippen LogP contribution >= 0.6 is 0 Å². The summed E-state index contributed by atoms with van der Waals surface area (Å²) >= 11 is 0. The maximum atomic E-state index is 13.2. The number of benzene rings is 1. The number of hydrogen-bond donors (Lipinski definition) is 2. The van der Waals surface area contributed by atoms with Crippen molar-refractivity contribution in [1.29, 1.82) is 0 Å². The van der Waals surface area contributed by atoms with E-state index in [0.717, 1.165) is 42.6 Å². The zero-order valence-corrected chi connectivity index (χ0v) is 14.0. The van der Waals surface area contributed by atoms with Crippen LogP contribution in [-0.4, -0.2) is 38.8 Å². The van der Waals surface area contributed by atoms with Gasteiger partial charge in [-0.25, -0.2) is 4.39 Å². The number of nitrogens with one attached hydrogen (secondary N) is 1. The van der Waals surface area contributed by atoms with Gasteiger partial charge in [-0.05, 0) is 55.4 Å². The van der Waals surface area contributed by atoms with E-state index in [4.69, 9.17) is 0 Å². The van der Waals surface area contributed by atoms with Gasteiger partial charge in [-0.2, -0.15) is 5.10 Å². The third kappa shape index (κ3) is 3.18. The zero-order valence-electron chi connectivity index (χ0n) is 14.0. The molecule has 0 unspecified atom stereocenters. The number of aromatic nitrogens is 2. The van der Waals surface area contributed by atoms with Crippen LogP contribution in [0.4, 0.5) is 4.39 Å². The largest absolute Gasteiger partial charge is 0.391 e. The van der Waals surface area contributed by atoms with Crippen molar-refractivity contribution >= 4 is 5.91 Å². The van der Waals surface area contributed by atoms with E-state index in [-0.39, 0.29) is 24.2 Å². The molecule has 2 N–H and O–H groups in total. The molecule has 0 saturated carbocycles. The molecule has 4 rings (SSSR count). The number of halogens is 1. The molecular formula is C19H22FN3O2. The number of β-amino-alcohol motifs (C(OH)–C–C–N with tert-alkyl or cyclic N) is 1. The summed E-state index contributed by atoms with van der Waals surface area (Å²) in [4.78, 5) is 14.6. The highest BCUT2D eigenvalue weighted by Gasteiger charge is 2.35. The third-order valence-corrected chi connectivity index (χ3v) is 5.31. The number of aryl methyl sites for hydroxylation is 1. The molecule has 1 amide bonds. The van der Waals surface area contributed by atoms with Gasteiger partial charge in [0.05, 0.1) is 24.3 Å². The first-order chi connectivity index (χ1) is 12.1. The normalized spacial score (nSPS) is 22.9. The molecule has 132 valence electrons. The predicted octanol–water partition coefficient (Wildman–Crippen LogP) is 2.30. The second-order valence-corrected chi connectivity index (χ2v) is 7.01. The number of H-pyrrole nitrogens is 1. The Morgan fingerprint density at radius 3 is 2.84 bits per heavy atom. The number of aliphatic hydroxyl groups excluding tert-OH is 1. The molecule has 1 aromatic heterocycles. The summed E-state index contributed by atoms with van der Waals surface area (Å²) in [6.45, 7) is 0.313. The van der Waals surface area contributed by atoms with Gasteiger partial charge in [0.15, 0.2) is 0 Å². The van der Waals surface area contributed by atoms with Gasteiger partial charge in [-0.1, -0.05) is 12.1 Å². The van der Waals surface area contributed by atoms with Crippen molar-refractivity contribution in [3.8, 4) is 0 Å². The highest BCUT2D eigenvalue weighted by atomic mass is 19.1. The van der Waals surface area contributed by atoms with Crippen molar-refractivity contribution in [1.82, 2.24) is 15.1 Å². The lowest BCUT2D eigenvalue weighted by molar-refractivity contribution is -0.131. The maximum Gasteiger partial charge on any atom is 0.229 e. The van der Waals surface area contributed by atoms with Gasteiger partial charge in [0.25, 0.3) is 0 Å². The fourth-order valence-corrected chi connectivity index (χ4v) is 4.03. The number of aromatic amines is 1. The number of rotatable bonds is 3. The lowest BCUT2D eigenvalue weighted by Gasteiger charge is -2.25. The van der Waals surface area contributed by atoms with Crippen molar-refractivity contribution in [3.05, 3.63) is 52.6 Å². The topological polar surface area (TPSA) is 69.2 Å². The van der Waals surface area contributed by atoms with Crippen molar-refractivity contribution < 1.29 is 14.3 Å². The van der Waals surface area contributed by atoms with Gasteiger partial charge in [0.1, 0.15) is 5.82 Å². The standard InChI is InChI=1S/C19H22FN3O2/c20-13-7-5-12(6-8-13)18-9-14(24)11-23(18)19(25)10-17-15-3-1-2-4-16(15)21-22-17/h5-8,14,18,24H,1-4,9-11H2,(H,21,22)/t14-,18+/m0/s1. The molecular weight excluding hydrogens is 321 g/mol. The number of carbonyl (C=O) groups excluding carboxylic acids is 1. The lowest BCUT2D eigenvalue weighted by Crippen LogP contribution is -2.33. The quantitative estimate of drug-likeness (QED) is 0.898. The number of carbonyl (C=O) groups is 1. The Balaban J connectivity index is 1.53. The van der Waals surface area contributed by atoms with E-state index in [1.165, 1.54) is 17.7 Å². The Morgan fingerprint density at radius 1 is 1.28 bits per heavy atom. The molecule has 2 aromatic rings. The van der Waals surface area contributed by atoms with Crippen LogP contribution in [0.5, 0.6) is 0 Å². The van der Waals surface area contributed by atoms with E-state index >= 15 is 0 Å². The molecule has 1 saturated heterocycles. The van der Waals surface area contributed by atoms with E-state index < -0.39 is 6.10 Å². The fraction of sp³-hybridized carbons (Fsp3) is 0.474. The van der Waals surface area contributed by atoms with E-state index in [2.05, 4.69) is 10.2 Å². The molecule has 1 aliphatic heterocycles. The number of nitrogens with zero attached hydrogens (tertiary/aromatic N) is 2. The highest BCUT2D eigenvalue weighted by molar-refractivity contribution is 5.79. The molecule has 6 heteroatoms. The van der Waals surface area contributed by atoms with Gasteiger partial charge >= 0.3 is 0 Å². The van der Waals surface area contributed by atoms with Gasteiger partial charge in [0, 0.05) is 12.2 Å². The number of fused-ring (bicyclic) bond motifs is 1. The molecule has 1 aliphatic carbocycles. The Morgan fingerprint density at radius 2 is 2.04 bits per heavy atom. The molecule has 2 heterocycles. The first-order valence-electron chi connectivity index (χ1n) is 8.90. The molecule has 1 aromatic carbocycles. The number of aliphatic hydroxyl groups is 1. The molecule has 2 aliphatic rings. The van der Waals surface area contributed by atoms with Crippen molar-refractivity contribution in [2.75, 3.05) is 6.54 Å². The predicted molar refractivity (Wildman–Crippen MR) is 90.4 cm³/mol. The summed E-state index contributed by atoms with van der Waals surface area (Å²) in [6, 6.07) is 5.96. The maximum absolute atomic E-state index is 13.2. The van der Waals surface area contributed by atoms with Crippen LogP contribution in [0.1, 0.15) is 47.8 Å². The van der Waals surface area contributed by atoms with E-state index in [0.29, 0.717) is 13.0 Å². The summed E-state index contributed by atoms with van der Waals surface area (Å²) < 4.78 is 13.2. The van der Waals surface area contributed by atoms with Crippen molar-refractivity contribution in [3.63, 3.8) is 0 Å². The molecule has 2 atom stereocenters. The zero-order chi connectivity index (χ0) is 17.4. The minimum absolute atomic E-state index is 0.0363. The van der Waals surface area contributed by atoms with Gasteiger partial charge in [-0.3, -0.25) is 9.89 Å². The number of likely N-dealkylation sites (tertiary alicyclic amines) is 1. The van der Waals surface area contributed by atoms with Crippen molar-refractivity contribution in [2.24, 2.45) is 0 Å². The first kappa shape index (κ1) is 16.3. The smallest absolute Gasteiger partial charge is 0.229 e. The second kappa shape index (κ2) is 6.59. The van der Waals surface area contributed by atoms with Gasteiger partial charge < -0.3 is 10.0 Å². The molecule has 5 nitrogen and oxygen atoms in total. The molecule has 0 radical (unpaired) electrons. The molecule has 0 spiro atoms. The summed E-state index contributed by atoms with van der Waals surface area (Å²) in [5, 5.41) is 17.5. The Labute approximate surface area is 145 Å². The first-order valence-corrected chi connectivity index (χ1v) is 8.90. The van der Waals surface area contributed by atoms with Crippen LogP contribution in [-0.2, 0) is 24.1 Å². The molecule has 1 fully saturated rings. The SMILES string of the molecule is O=C(Cc1n[nH]c2c1CCCC2)N1C[C@@H](O)C[C@@H]1c1ccc(F)cc1. The third-order valence-electron chi connectivity index (χ3n) is 5.31. The Kier molecular flexibility index (Phi) is 4.29. The van der Waals surface area contributed by atoms with Crippen LogP contribution in [0.2, 0.25) is 0 Å². The average Bonchev–Trinajstić information content (AvgIpc) is 3.20. The van der Waals surface area contributed by atoms with E-state index in [1.807, 2.05) is 0 Å². The van der Waals surface area contributed by atoms with E-state index in [9.17, 15) is 14.3 Å². The van der Waals surface area contributed by atoms with Crippen LogP contribution < -0.4 is 0 Å². The lowest BCUT2D eigenvalue weighted by atomic mass is 9.95. The Bertz CT molecular complexity index is 771. The van der Waals surface area contributed by atoms with Gasteiger partial charge in [0.2, 0.25) is 5.91 Å².